The Balaban J connectivity index is 1.96. The lowest BCUT2D eigenvalue weighted by molar-refractivity contribution is 0.242. The Kier molecular flexibility index (Phi) is 4.25. The molecule has 24 heavy (non-hydrogen) atoms. The minimum atomic E-state index is -0.00683. The zero-order chi connectivity index (χ0) is 17.1. The van der Waals surface area contributed by atoms with Crippen LogP contribution in [0.3, 0.4) is 0 Å². The fourth-order valence-corrected chi connectivity index (χ4v) is 2.28. The fourth-order valence-electron chi connectivity index (χ4n) is 2.28. The van der Waals surface area contributed by atoms with E-state index in [-0.39, 0.29) is 6.10 Å². The van der Waals surface area contributed by atoms with Gasteiger partial charge in [0.05, 0.1) is 11.7 Å². The van der Waals surface area contributed by atoms with Crippen LogP contribution in [-0.2, 0) is 0 Å². The molecule has 2 heterocycles. The van der Waals surface area contributed by atoms with Gasteiger partial charge >= 0.3 is 0 Å². The molecular formula is C18H16N4O2. The molecule has 0 unspecified atom stereocenters. The Morgan fingerprint density at radius 3 is 2.79 bits per heavy atom. The lowest BCUT2D eigenvalue weighted by Gasteiger charge is -2.11. The van der Waals surface area contributed by atoms with Gasteiger partial charge in [0.1, 0.15) is 11.8 Å². The molecule has 6 heteroatoms. The maximum Gasteiger partial charge on any atom is 0.258 e. The minimum absolute atomic E-state index is 0.00683. The van der Waals surface area contributed by atoms with Crippen LogP contribution in [0.4, 0.5) is 0 Å². The number of aromatic nitrogens is 3. The van der Waals surface area contributed by atoms with Gasteiger partial charge in [-0.15, -0.1) is 0 Å². The van der Waals surface area contributed by atoms with E-state index in [2.05, 4.69) is 21.2 Å². The van der Waals surface area contributed by atoms with Gasteiger partial charge in [-0.05, 0) is 50.6 Å². The molecule has 120 valence electrons. The molecule has 0 fully saturated rings. The highest BCUT2D eigenvalue weighted by atomic mass is 16.5. The second kappa shape index (κ2) is 6.50. The molecule has 3 aromatic rings. The van der Waals surface area contributed by atoms with E-state index >= 15 is 0 Å². The molecule has 0 radical (unpaired) electrons. The van der Waals surface area contributed by atoms with Gasteiger partial charge in [0.25, 0.3) is 5.89 Å². The average molecular weight is 320 g/mol. The second-order valence-corrected chi connectivity index (χ2v) is 5.60. The summed E-state index contributed by atoms with van der Waals surface area (Å²) in [4.78, 5) is 8.48. The smallest absolute Gasteiger partial charge is 0.258 e. The summed E-state index contributed by atoms with van der Waals surface area (Å²) >= 11 is 0. The van der Waals surface area contributed by atoms with Crippen LogP contribution in [0.2, 0.25) is 0 Å². The minimum Gasteiger partial charge on any atom is -0.490 e. The third-order valence-electron chi connectivity index (χ3n) is 3.40. The molecule has 0 saturated heterocycles. The third-order valence-corrected chi connectivity index (χ3v) is 3.40. The molecule has 0 amide bonds. The first-order valence-electron chi connectivity index (χ1n) is 7.54. The average Bonchev–Trinajstić information content (AvgIpc) is 3.05. The van der Waals surface area contributed by atoms with Crippen LogP contribution in [0, 0.1) is 18.3 Å². The first-order valence-corrected chi connectivity index (χ1v) is 7.54. The molecule has 1 aromatic carbocycles. The molecule has 0 spiro atoms. The number of hydrogen-bond acceptors (Lipinski definition) is 6. The van der Waals surface area contributed by atoms with Crippen molar-refractivity contribution in [1.82, 2.24) is 15.1 Å². The maximum absolute atomic E-state index is 9.32. The van der Waals surface area contributed by atoms with E-state index in [1.807, 2.05) is 26.8 Å². The van der Waals surface area contributed by atoms with Crippen molar-refractivity contribution in [3.05, 3.63) is 47.8 Å². The molecule has 0 N–H and O–H groups in total. The van der Waals surface area contributed by atoms with Crippen molar-refractivity contribution in [1.29, 1.82) is 5.26 Å². The van der Waals surface area contributed by atoms with Gasteiger partial charge in [-0.3, -0.25) is 4.98 Å². The lowest BCUT2D eigenvalue weighted by atomic mass is 10.1. The number of nitrogens with zero attached hydrogens (tertiary/aromatic N) is 4. The van der Waals surface area contributed by atoms with Crippen molar-refractivity contribution in [2.45, 2.75) is 26.9 Å². The predicted molar refractivity (Wildman–Crippen MR) is 88.2 cm³/mol. The molecule has 0 saturated carbocycles. The summed E-state index contributed by atoms with van der Waals surface area (Å²) in [6.45, 7) is 5.76. The number of rotatable bonds is 4. The molecule has 0 aliphatic heterocycles. The van der Waals surface area contributed by atoms with E-state index in [1.165, 1.54) is 0 Å². The Morgan fingerprint density at radius 1 is 1.25 bits per heavy atom. The Bertz CT molecular complexity index is 909. The number of hydrogen-bond donors (Lipinski definition) is 0. The standard InChI is InChI=1S/C18H16N4O2/c1-11(2)23-16-5-4-13(8-14(16)9-19)18-21-17(22-24-18)15-6-7-20-10-12(15)3/h4-8,10-11H,1-3H3. The largest absolute Gasteiger partial charge is 0.490 e. The Labute approximate surface area is 139 Å². The van der Waals surface area contributed by atoms with E-state index in [0.717, 1.165) is 11.1 Å². The lowest BCUT2D eigenvalue weighted by Crippen LogP contribution is -2.06. The van der Waals surface area contributed by atoms with Crippen molar-refractivity contribution < 1.29 is 9.26 Å². The van der Waals surface area contributed by atoms with Crippen molar-refractivity contribution in [3.63, 3.8) is 0 Å². The monoisotopic (exact) mass is 320 g/mol. The molecule has 3 rings (SSSR count). The molecule has 0 bridgehead atoms. The van der Waals surface area contributed by atoms with Crippen LogP contribution < -0.4 is 4.74 Å². The van der Waals surface area contributed by atoms with Gasteiger partial charge in [0.15, 0.2) is 0 Å². The first kappa shape index (κ1) is 15.7. The van der Waals surface area contributed by atoms with E-state index in [0.29, 0.717) is 28.6 Å². The van der Waals surface area contributed by atoms with Gasteiger partial charge in [-0.2, -0.15) is 10.2 Å². The summed E-state index contributed by atoms with van der Waals surface area (Å²) in [7, 11) is 0. The van der Waals surface area contributed by atoms with E-state index in [4.69, 9.17) is 9.26 Å². The first-order chi connectivity index (χ1) is 11.6. The highest BCUT2D eigenvalue weighted by molar-refractivity contribution is 5.64. The van der Waals surface area contributed by atoms with Crippen molar-refractivity contribution in [2.75, 3.05) is 0 Å². The number of ether oxygens (including phenoxy) is 1. The molecule has 0 aliphatic rings. The molecular weight excluding hydrogens is 304 g/mol. The summed E-state index contributed by atoms with van der Waals surface area (Å²) in [6.07, 6.45) is 3.43. The van der Waals surface area contributed by atoms with Crippen molar-refractivity contribution in [2.24, 2.45) is 0 Å². The second-order valence-electron chi connectivity index (χ2n) is 5.60. The zero-order valence-electron chi connectivity index (χ0n) is 13.6. The van der Waals surface area contributed by atoms with E-state index < -0.39 is 0 Å². The normalized spacial score (nSPS) is 10.6. The highest BCUT2D eigenvalue weighted by Crippen LogP contribution is 2.28. The van der Waals surface area contributed by atoms with Crippen LogP contribution in [0.5, 0.6) is 5.75 Å². The van der Waals surface area contributed by atoms with Gasteiger partial charge in [-0.1, -0.05) is 5.16 Å². The SMILES string of the molecule is Cc1cnccc1-c1noc(-c2ccc(OC(C)C)c(C#N)c2)n1. The van der Waals surface area contributed by atoms with Gasteiger partial charge < -0.3 is 9.26 Å². The van der Waals surface area contributed by atoms with Crippen LogP contribution in [0.15, 0.2) is 41.2 Å². The van der Waals surface area contributed by atoms with Gasteiger partial charge in [0, 0.05) is 23.5 Å². The molecule has 0 aliphatic carbocycles. The topological polar surface area (TPSA) is 84.8 Å². The summed E-state index contributed by atoms with van der Waals surface area (Å²) in [5, 5.41) is 13.3. The van der Waals surface area contributed by atoms with Crippen molar-refractivity contribution in [3.8, 4) is 34.7 Å². The fraction of sp³-hybridized carbons (Fsp3) is 0.222. The van der Waals surface area contributed by atoms with Crippen LogP contribution in [-0.4, -0.2) is 21.2 Å². The third kappa shape index (κ3) is 3.10. The molecule has 2 aromatic heterocycles. The maximum atomic E-state index is 9.32. The number of nitriles is 1. The summed E-state index contributed by atoms with van der Waals surface area (Å²) in [5.74, 6) is 1.39. The van der Waals surface area contributed by atoms with Crippen LogP contribution >= 0.6 is 0 Å². The molecule has 0 atom stereocenters. The van der Waals surface area contributed by atoms with E-state index in [1.54, 1.807) is 30.6 Å². The van der Waals surface area contributed by atoms with Crippen molar-refractivity contribution >= 4 is 0 Å². The quantitative estimate of drug-likeness (QED) is 0.727. The number of pyridine rings is 1. The Morgan fingerprint density at radius 2 is 2.08 bits per heavy atom. The predicted octanol–water partition coefficient (Wildman–Crippen LogP) is 3.77. The van der Waals surface area contributed by atoms with Gasteiger partial charge in [-0.25, -0.2) is 0 Å². The van der Waals surface area contributed by atoms with E-state index in [9.17, 15) is 5.26 Å². The van der Waals surface area contributed by atoms with Crippen LogP contribution in [0.1, 0.15) is 25.0 Å². The highest BCUT2D eigenvalue weighted by Gasteiger charge is 2.14. The van der Waals surface area contributed by atoms with Crippen LogP contribution in [0.25, 0.3) is 22.8 Å². The molecule has 6 nitrogen and oxygen atoms in total. The number of benzene rings is 1. The number of aryl methyl sites for hydroxylation is 1. The zero-order valence-corrected chi connectivity index (χ0v) is 13.6. The summed E-state index contributed by atoms with van der Waals surface area (Å²) in [5.41, 5.74) is 2.93. The Hall–Kier alpha value is -3.20. The summed E-state index contributed by atoms with van der Waals surface area (Å²) in [6, 6.07) is 9.21. The summed E-state index contributed by atoms with van der Waals surface area (Å²) < 4.78 is 11.0. The van der Waals surface area contributed by atoms with Gasteiger partial charge in [0.2, 0.25) is 5.82 Å².